The van der Waals surface area contributed by atoms with E-state index in [2.05, 4.69) is 5.32 Å². The number of nitrogens with one attached hydrogen (secondary N) is 1. The molecule has 2 atom stereocenters. The second kappa shape index (κ2) is 6.76. The molecule has 0 aromatic heterocycles. The molecule has 0 unspecified atom stereocenters. The molecule has 2 rings (SSSR count). The van der Waals surface area contributed by atoms with E-state index in [1.807, 2.05) is 0 Å². The maximum atomic E-state index is 13.2. The number of rotatable bonds is 3. The summed E-state index contributed by atoms with van der Waals surface area (Å²) in [5, 5.41) is 2.56. The summed E-state index contributed by atoms with van der Waals surface area (Å²) in [6.45, 7) is 1.15. The zero-order valence-corrected chi connectivity index (χ0v) is 12.9. The molecule has 0 spiro atoms. The van der Waals surface area contributed by atoms with Gasteiger partial charge in [-0.05, 0) is 19.3 Å². The number of piperidine rings is 1. The number of carbonyl (C=O) groups is 3. The number of hydrogen-bond donors (Lipinski definition) is 1. The van der Waals surface area contributed by atoms with E-state index in [-0.39, 0.29) is 37.7 Å². The Balaban J connectivity index is 2.08. The fourth-order valence-electron chi connectivity index (χ4n) is 3.12. The van der Waals surface area contributed by atoms with E-state index in [1.165, 1.54) is 11.8 Å². The van der Waals surface area contributed by atoms with E-state index in [4.69, 9.17) is 0 Å². The molecule has 1 N–H and O–H groups in total. The molecule has 2 aliphatic heterocycles. The molecule has 0 aromatic rings. The Morgan fingerprint density at radius 2 is 2.00 bits per heavy atom. The Bertz CT molecular complexity index is 495. The fraction of sp³-hybridized carbons (Fsp3) is 0.786. The molecule has 0 saturated carbocycles. The van der Waals surface area contributed by atoms with Gasteiger partial charge in [-0.25, -0.2) is 0 Å². The van der Waals surface area contributed by atoms with Crippen LogP contribution in [0.25, 0.3) is 0 Å². The van der Waals surface area contributed by atoms with E-state index in [1.54, 1.807) is 0 Å². The number of alkyl halides is 3. The Morgan fingerprint density at radius 3 is 2.52 bits per heavy atom. The SMILES string of the molecule is CC(=O)N[C@@H]1CC[C@H](C(F)(F)F)N(C(=O)CN2CCCC2=O)C1. The lowest BCUT2D eigenvalue weighted by Gasteiger charge is -2.41. The summed E-state index contributed by atoms with van der Waals surface area (Å²) in [4.78, 5) is 37.0. The van der Waals surface area contributed by atoms with Gasteiger partial charge in [-0.1, -0.05) is 0 Å². The van der Waals surface area contributed by atoms with Crippen molar-refractivity contribution in [2.75, 3.05) is 19.6 Å². The smallest absolute Gasteiger partial charge is 0.352 e. The average Bonchev–Trinajstić information content (AvgIpc) is 2.82. The predicted molar refractivity (Wildman–Crippen MR) is 74.2 cm³/mol. The van der Waals surface area contributed by atoms with E-state index < -0.39 is 24.2 Å². The molecule has 0 radical (unpaired) electrons. The Hall–Kier alpha value is -1.80. The molecule has 0 bridgehead atoms. The molecule has 2 aliphatic rings. The summed E-state index contributed by atoms with van der Waals surface area (Å²) in [5.74, 6) is -1.28. The Labute approximate surface area is 132 Å². The molecule has 2 saturated heterocycles. The highest BCUT2D eigenvalue weighted by Gasteiger charge is 2.48. The van der Waals surface area contributed by atoms with Crippen molar-refractivity contribution in [1.82, 2.24) is 15.1 Å². The lowest BCUT2D eigenvalue weighted by atomic mass is 9.97. The molecular formula is C14H20F3N3O3. The minimum atomic E-state index is -4.52. The van der Waals surface area contributed by atoms with Crippen LogP contribution in [0.2, 0.25) is 0 Å². The molecule has 9 heteroatoms. The second-order valence-electron chi connectivity index (χ2n) is 6.00. The summed E-state index contributed by atoms with van der Waals surface area (Å²) in [6, 6.07) is -2.36. The van der Waals surface area contributed by atoms with Gasteiger partial charge < -0.3 is 15.1 Å². The van der Waals surface area contributed by atoms with Crippen LogP contribution in [-0.4, -0.2) is 65.4 Å². The lowest BCUT2D eigenvalue weighted by Crippen LogP contribution is -2.59. The van der Waals surface area contributed by atoms with Crippen molar-refractivity contribution in [3.05, 3.63) is 0 Å². The van der Waals surface area contributed by atoms with Crippen LogP contribution in [0.3, 0.4) is 0 Å². The first-order valence-electron chi connectivity index (χ1n) is 7.59. The number of nitrogens with zero attached hydrogens (tertiary/aromatic N) is 2. The van der Waals surface area contributed by atoms with Crippen molar-refractivity contribution >= 4 is 17.7 Å². The predicted octanol–water partition coefficient (Wildman–Crippen LogP) is 0.667. The first kappa shape index (κ1) is 17.6. The first-order chi connectivity index (χ1) is 10.7. The molecule has 2 fully saturated rings. The van der Waals surface area contributed by atoms with Gasteiger partial charge in [0.2, 0.25) is 17.7 Å². The highest BCUT2D eigenvalue weighted by atomic mass is 19.4. The summed E-state index contributed by atoms with van der Waals surface area (Å²) < 4.78 is 39.5. The quantitative estimate of drug-likeness (QED) is 0.824. The zero-order chi connectivity index (χ0) is 17.2. The topological polar surface area (TPSA) is 69.7 Å². The maximum Gasteiger partial charge on any atom is 0.408 e. The number of amides is 3. The van der Waals surface area contributed by atoms with Gasteiger partial charge in [-0.3, -0.25) is 14.4 Å². The third-order valence-electron chi connectivity index (χ3n) is 4.18. The normalized spacial score (nSPS) is 25.7. The van der Waals surface area contributed by atoms with Crippen LogP contribution >= 0.6 is 0 Å². The molecule has 0 aliphatic carbocycles. The van der Waals surface area contributed by atoms with Crippen molar-refractivity contribution in [2.24, 2.45) is 0 Å². The van der Waals surface area contributed by atoms with Crippen LogP contribution < -0.4 is 5.32 Å². The van der Waals surface area contributed by atoms with Gasteiger partial charge >= 0.3 is 6.18 Å². The van der Waals surface area contributed by atoms with Crippen molar-refractivity contribution in [3.8, 4) is 0 Å². The fourth-order valence-corrected chi connectivity index (χ4v) is 3.12. The molecule has 6 nitrogen and oxygen atoms in total. The average molecular weight is 335 g/mol. The van der Waals surface area contributed by atoms with Crippen LogP contribution in [0.5, 0.6) is 0 Å². The largest absolute Gasteiger partial charge is 0.408 e. The van der Waals surface area contributed by atoms with Crippen LogP contribution in [-0.2, 0) is 14.4 Å². The van der Waals surface area contributed by atoms with E-state index in [0.29, 0.717) is 19.4 Å². The van der Waals surface area contributed by atoms with Gasteiger partial charge in [0.15, 0.2) is 0 Å². The standard InChI is InChI=1S/C14H20F3N3O3/c1-9(21)18-10-4-5-11(14(15,16)17)20(7-10)13(23)8-19-6-2-3-12(19)22/h10-11H,2-8H2,1H3,(H,18,21)/t10-,11-/m1/s1. The van der Waals surface area contributed by atoms with Gasteiger partial charge in [0, 0.05) is 32.5 Å². The minimum Gasteiger partial charge on any atom is -0.352 e. The minimum absolute atomic E-state index is 0.163. The maximum absolute atomic E-state index is 13.2. The van der Waals surface area contributed by atoms with Gasteiger partial charge in [-0.15, -0.1) is 0 Å². The number of halogens is 3. The van der Waals surface area contributed by atoms with E-state index in [9.17, 15) is 27.6 Å². The van der Waals surface area contributed by atoms with Gasteiger partial charge in [0.05, 0.1) is 6.54 Å². The Morgan fingerprint density at radius 1 is 1.30 bits per heavy atom. The third kappa shape index (κ3) is 4.35. The highest BCUT2D eigenvalue weighted by Crippen LogP contribution is 2.32. The van der Waals surface area contributed by atoms with Gasteiger partial charge in [0.1, 0.15) is 6.04 Å². The van der Waals surface area contributed by atoms with Crippen molar-refractivity contribution in [1.29, 1.82) is 0 Å². The molecule has 3 amide bonds. The van der Waals surface area contributed by atoms with E-state index in [0.717, 1.165) is 4.90 Å². The van der Waals surface area contributed by atoms with Crippen LogP contribution in [0.15, 0.2) is 0 Å². The van der Waals surface area contributed by atoms with Gasteiger partial charge in [0.25, 0.3) is 0 Å². The zero-order valence-electron chi connectivity index (χ0n) is 12.9. The monoisotopic (exact) mass is 335 g/mol. The highest BCUT2D eigenvalue weighted by molar-refractivity contribution is 5.86. The van der Waals surface area contributed by atoms with Crippen molar-refractivity contribution in [2.45, 2.75) is 50.9 Å². The summed E-state index contributed by atoms with van der Waals surface area (Å²) in [6.07, 6.45) is -3.68. The third-order valence-corrected chi connectivity index (χ3v) is 4.18. The van der Waals surface area contributed by atoms with Crippen LogP contribution in [0.1, 0.15) is 32.6 Å². The molecular weight excluding hydrogens is 315 g/mol. The van der Waals surface area contributed by atoms with Crippen LogP contribution in [0, 0.1) is 0 Å². The number of likely N-dealkylation sites (tertiary alicyclic amines) is 2. The van der Waals surface area contributed by atoms with Gasteiger partial charge in [-0.2, -0.15) is 13.2 Å². The molecule has 2 heterocycles. The summed E-state index contributed by atoms with van der Waals surface area (Å²) >= 11 is 0. The molecule has 23 heavy (non-hydrogen) atoms. The second-order valence-corrected chi connectivity index (χ2v) is 6.00. The first-order valence-corrected chi connectivity index (χ1v) is 7.59. The molecule has 0 aromatic carbocycles. The van der Waals surface area contributed by atoms with Crippen molar-refractivity contribution in [3.63, 3.8) is 0 Å². The van der Waals surface area contributed by atoms with Crippen molar-refractivity contribution < 1.29 is 27.6 Å². The lowest BCUT2D eigenvalue weighted by molar-refractivity contribution is -0.197. The molecule has 130 valence electrons. The Kier molecular flexibility index (Phi) is 5.16. The summed E-state index contributed by atoms with van der Waals surface area (Å²) in [7, 11) is 0. The van der Waals surface area contributed by atoms with Crippen LogP contribution in [0.4, 0.5) is 13.2 Å². The summed E-state index contributed by atoms with van der Waals surface area (Å²) in [5.41, 5.74) is 0. The van der Waals surface area contributed by atoms with E-state index >= 15 is 0 Å². The number of carbonyl (C=O) groups excluding carboxylic acids is 3. The number of hydrogen-bond acceptors (Lipinski definition) is 3.